The van der Waals surface area contributed by atoms with Gasteiger partial charge in [0.15, 0.2) is 0 Å². The van der Waals surface area contributed by atoms with Gasteiger partial charge in [-0.2, -0.15) is 5.10 Å². The third kappa shape index (κ3) is 2.29. The van der Waals surface area contributed by atoms with E-state index in [1.807, 2.05) is 6.92 Å². The predicted octanol–water partition coefficient (Wildman–Crippen LogP) is 0.394. The van der Waals surface area contributed by atoms with Gasteiger partial charge in [-0.3, -0.25) is 9.89 Å². The number of carbonyl (C=O) groups is 1. The van der Waals surface area contributed by atoms with Crippen molar-refractivity contribution in [1.82, 2.24) is 10.2 Å². The van der Waals surface area contributed by atoms with E-state index in [0.29, 0.717) is 5.69 Å². The second-order valence-corrected chi connectivity index (χ2v) is 3.58. The summed E-state index contributed by atoms with van der Waals surface area (Å²) in [6, 6.07) is 0. The number of hydrogen-bond donors (Lipinski definition) is 3. The van der Waals surface area contributed by atoms with E-state index in [-0.39, 0.29) is 5.91 Å². The summed E-state index contributed by atoms with van der Waals surface area (Å²) in [5.74, 6) is -0.225. The van der Waals surface area contributed by atoms with Crippen molar-refractivity contribution in [2.45, 2.75) is 26.3 Å². The summed E-state index contributed by atoms with van der Waals surface area (Å²) < 4.78 is 0. The molecule has 0 fully saturated rings. The Morgan fingerprint density at radius 1 is 1.69 bits per heavy atom. The summed E-state index contributed by atoms with van der Waals surface area (Å²) in [7, 11) is 0. The first-order valence-corrected chi connectivity index (χ1v) is 4.01. The quantitative estimate of drug-likeness (QED) is 0.618. The normalized spacial score (nSPS) is 11.4. The lowest BCUT2D eigenvalue weighted by atomic mass is 10.1. The third-order valence-corrected chi connectivity index (χ3v) is 1.66. The number of rotatable bonds is 2. The average molecular weight is 182 g/mol. The Morgan fingerprint density at radius 2 is 2.31 bits per heavy atom. The lowest BCUT2D eigenvalue weighted by Gasteiger charge is -2.17. The van der Waals surface area contributed by atoms with Crippen LogP contribution in [0.4, 0.5) is 5.69 Å². The van der Waals surface area contributed by atoms with Gasteiger partial charge in [-0.1, -0.05) is 0 Å². The van der Waals surface area contributed by atoms with Gasteiger partial charge in [-0.15, -0.1) is 0 Å². The number of aromatic nitrogens is 2. The Labute approximate surface area is 76.7 Å². The molecule has 0 aliphatic rings. The van der Waals surface area contributed by atoms with Crippen LogP contribution in [0.3, 0.4) is 0 Å². The topological polar surface area (TPSA) is 83.8 Å². The van der Waals surface area contributed by atoms with Gasteiger partial charge in [0.05, 0.1) is 23.1 Å². The van der Waals surface area contributed by atoms with Crippen molar-refractivity contribution >= 4 is 11.6 Å². The van der Waals surface area contributed by atoms with Gasteiger partial charge in [0.1, 0.15) is 0 Å². The van der Waals surface area contributed by atoms with Crippen LogP contribution in [0.15, 0.2) is 6.20 Å². The number of carbonyl (C=O) groups excluding carboxylic acids is 1. The molecular weight excluding hydrogens is 168 g/mol. The molecule has 0 bridgehead atoms. The van der Waals surface area contributed by atoms with Crippen molar-refractivity contribution in [3.8, 4) is 0 Å². The number of aromatic amines is 1. The largest absolute Gasteiger partial charge is 0.322 e. The zero-order valence-corrected chi connectivity index (χ0v) is 8.01. The van der Waals surface area contributed by atoms with E-state index in [4.69, 9.17) is 5.73 Å². The van der Waals surface area contributed by atoms with Crippen molar-refractivity contribution < 1.29 is 4.79 Å². The van der Waals surface area contributed by atoms with Crippen molar-refractivity contribution in [2.24, 2.45) is 5.73 Å². The molecule has 5 heteroatoms. The Bertz CT molecular complexity index is 310. The fraction of sp³-hybridized carbons (Fsp3) is 0.500. The van der Waals surface area contributed by atoms with Crippen LogP contribution in [-0.2, 0) is 4.79 Å². The Hall–Kier alpha value is -1.36. The fourth-order valence-electron chi connectivity index (χ4n) is 0.760. The molecule has 0 aromatic carbocycles. The molecule has 0 saturated heterocycles. The van der Waals surface area contributed by atoms with Crippen LogP contribution in [0.25, 0.3) is 0 Å². The maximum Gasteiger partial charge on any atom is 0.243 e. The molecule has 0 saturated carbocycles. The van der Waals surface area contributed by atoms with Gasteiger partial charge < -0.3 is 11.1 Å². The first-order valence-electron chi connectivity index (χ1n) is 4.01. The average Bonchev–Trinajstić information content (AvgIpc) is 2.34. The number of nitrogens with zero attached hydrogens (tertiary/aromatic N) is 1. The summed E-state index contributed by atoms with van der Waals surface area (Å²) >= 11 is 0. The van der Waals surface area contributed by atoms with Crippen LogP contribution in [0.1, 0.15) is 19.5 Å². The molecule has 1 amide bonds. The van der Waals surface area contributed by atoms with E-state index in [9.17, 15) is 4.79 Å². The molecule has 13 heavy (non-hydrogen) atoms. The molecule has 72 valence electrons. The second kappa shape index (κ2) is 3.18. The Balaban J connectivity index is 2.71. The zero-order valence-electron chi connectivity index (χ0n) is 8.01. The van der Waals surface area contributed by atoms with Gasteiger partial charge in [0, 0.05) is 0 Å². The Kier molecular flexibility index (Phi) is 2.38. The minimum Gasteiger partial charge on any atom is -0.322 e. The zero-order chi connectivity index (χ0) is 10.1. The molecule has 0 unspecified atom stereocenters. The summed E-state index contributed by atoms with van der Waals surface area (Å²) in [5, 5.41) is 9.17. The van der Waals surface area contributed by atoms with Gasteiger partial charge in [-0.25, -0.2) is 0 Å². The first-order chi connectivity index (χ1) is 5.91. The standard InChI is InChI=1S/C8H14N4O/c1-5-6(4-10-12-5)11-7(13)8(2,3)9/h4H,9H2,1-3H3,(H,10,12)(H,11,13). The summed E-state index contributed by atoms with van der Waals surface area (Å²) in [6.07, 6.45) is 1.55. The van der Waals surface area contributed by atoms with Crippen molar-refractivity contribution in [1.29, 1.82) is 0 Å². The third-order valence-electron chi connectivity index (χ3n) is 1.66. The second-order valence-electron chi connectivity index (χ2n) is 3.58. The molecule has 5 nitrogen and oxygen atoms in total. The minimum atomic E-state index is -0.871. The maximum absolute atomic E-state index is 11.4. The highest BCUT2D eigenvalue weighted by molar-refractivity contribution is 5.97. The van der Waals surface area contributed by atoms with E-state index in [1.54, 1.807) is 20.0 Å². The van der Waals surface area contributed by atoms with Crippen LogP contribution in [-0.4, -0.2) is 21.6 Å². The number of nitrogens with one attached hydrogen (secondary N) is 2. The summed E-state index contributed by atoms with van der Waals surface area (Å²) in [6.45, 7) is 5.13. The molecule has 1 aromatic rings. The molecule has 0 aliphatic carbocycles. The Morgan fingerprint density at radius 3 is 2.69 bits per heavy atom. The van der Waals surface area contributed by atoms with E-state index in [1.165, 1.54) is 0 Å². The van der Waals surface area contributed by atoms with Gasteiger partial charge in [0.25, 0.3) is 0 Å². The molecule has 0 atom stereocenters. The van der Waals surface area contributed by atoms with E-state index >= 15 is 0 Å². The van der Waals surface area contributed by atoms with Crippen molar-refractivity contribution in [3.63, 3.8) is 0 Å². The first kappa shape index (κ1) is 9.73. The number of H-pyrrole nitrogens is 1. The lowest BCUT2D eigenvalue weighted by molar-refractivity contribution is -0.120. The van der Waals surface area contributed by atoms with Crippen molar-refractivity contribution in [2.75, 3.05) is 5.32 Å². The van der Waals surface area contributed by atoms with E-state index in [2.05, 4.69) is 15.5 Å². The van der Waals surface area contributed by atoms with Crippen LogP contribution in [0.2, 0.25) is 0 Å². The van der Waals surface area contributed by atoms with Gasteiger partial charge in [-0.05, 0) is 20.8 Å². The number of hydrogen-bond acceptors (Lipinski definition) is 3. The maximum atomic E-state index is 11.4. The van der Waals surface area contributed by atoms with E-state index < -0.39 is 5.54 Å². The number of anilines is 1. The fourth-order valence-corrected chi connectivity index (χ4v) is 0.760. The monoisotopic (exact) mass is 182 g/mol. The summed E-state index contributed by atoms with van der Waals surface area (Å²) in [4.78, 5) is 11.4. The highest BCUT2D eigenvalue weighted by atomic mass is 16.2. The van der Waals surface area contributed by atoms with Crippen LogP contribution < -0.4 is 11.1 Å². The molecule has 4 N–H and O–H groups in total. The van der Waals surface area contributed by atoms with Gasteiger partial charge >= 0.3 is 0 Å². The van der Waals surface area contributed by atoms with E-state index in [0.717, 1.165) is 5.69 Å². The molecule has 0 aliphatic heterocycles. The van der Waals surface area contributed by atoms with Crippen LogP contribution in [0.5, 0.6) is 0 Å². The van der Waals surface area contributed by atoms with Crippen LogP contribution in [0, 0.1) is 6.92 Å². The number of amides is 1. The highest BCUT2D eigenvalue weighted by Gasteiger charge is 2.22. The SMILES string of the molecule is Cc1[nH]ncc1NC(=O)C(C)(C)N. The number of aryl methyl sites for hydroxylation is 1. The summed E-state index contributed by atoms with van der Waals surface area (Å²) in [5.41, 5.74) is 6.22. The van der Waals surface area contributed by atoms with Crippen molar-refractivity contribution in [3.05, 3.63) is 11.9 Å². The minimum absolute atomic E-state index is 0.225. The smallest absolute Gasteiger partial charge is 0.243 e. The molecule has 1 rings (SSSR count). The number of nitrogens with two attached hydrogens (primary N) is 1. The molecule has 0 radical (unpaired) electrons. The molecular formula is C8H14N4O. The highest BCUT2D eigenvalue weighted by Crippen LogP contribution is 2.11. The predicted molar refractivity (Wildman–Crippen MR) is 50.2 cm³/mol. The lowest BCUT2D eigenvalue weighted by Crippen LogP contribution is -2.45. The van der Waals surface area contributed by atoms with Crippen LogP contribution >= 0.6 is 0 Å². The molecule has 1 heterocycles. The molecule has 1 aromatic heterocycles. The molecule has 0 spiro atoms. The van der Waals surface area contributed by atoms with Gasteiger partial charge in [0.2, 0.25) is 5.91 Å².